The number of benzene rings is 1. The van der Waals surface area contributed by atoms with Gasteiger partial charge in [0.15, 0.2) is 0 Å². The molecule has 0 bridgehead atoms. The molecule has 1 aliphatic rings. The zero-order valence-electron chi connectivity index (χ0n) is 8.94. The van der Waals surface area contributed by atoms with Gasteiger partial charge in [-0.1, -0.05) is 19.1 Å². The quantitative estimate of drug-likeness (QED) is 0.803. The second kappa shape index (κ2) is 4.05. The van der Waals surface area contributed by atoms with E-state index in [1.165, 1.54) is 0 Å². The molecule has 2 atom stereocenters. The van der Waals surface area contributed by atoms with Crippen LogP contribution < -0.4 is 0 Å². The molecule has 0 radical (unpaired) electrons. The van der Waals surface area contributed by atoms with E-state index in [0.717, 1.165) is 24.8 Å². The lowest BCUT2D eigenvalue weighted by atomic mass is 9.96. The summed E-state index contributed by atoms with van der Waals surface area (Å²) in [5, 5.41) is 9.14. The van der Waals surface area contributed by atoms with Gasteiger partial charge in [0, 0.05) is 11.8 Å². The van der Waals surface area contributed by atoms with Crippen molar-refractivity contribution in [2.45, 2.75) is 26.2 Å². The van der Waals surface area contributed by atoms with E-state index in [4.69, 9.17) is 5.11 Å². The molecule has 0 spiro atoms. The summed E-state index contributed by atoms with van der Waals surface area (Å²) in [4.78, 5) is 11.7. The molecule has 0 amide bonds. The molecule has 0 saturated heterocycles. The topological polar surface area (TPSA) is 37.3 Å². The first kappa shape index (κ1) is 10.2. The Morgan fingerprint density at radius 3 is 2.47 bits per heavy atom. The Kier molecular flexibility index (Phi) is 2.76. The molecular weight excluding hydrogens is 188 g/mol. The van der Waals surface area contributed by atoms with Gasteiger partial charge in [0.05, 0.1) is 0 Å². The third kappa shape index (κ3) is 2.20. The number of carbonyl (C=O) groups is 1. The number of hydrogen-bond donors (Lipinski definition) is 1. The zero-order valence-corrected chi connectivity index (χ0v) is 8.94. The number of carbonyl (C=O) groups excluding carboxylic acids is 1. The van der Waals surface area contributed by atoms with E-state index in [2.05, 4.69) is 0 Å². The minimum absolute atomic E-state index is 0.199. The minimum Gasteiger partial charge on any atom is -0.508 e. The number of rotatable bonds is 2. The second-order valence-electron chi connectivity index (χ2n) is 4.45. The lowest BCUT2D eigenvalue weighted by Crippen LogP contribution is -2.13. The van der Waals surface area contributed by atoms with Crippen LogP contribution in [0.4, 0.5) is 0 Å². The molecule has 1 saturated carbocycles. The molecule has 2 heteroatoms. The molecule has 2 nitrogen and oxygen atoms in total. The first-order valence-corrected chi connectivity index (χ1v) is 5.48. The van der Waals surface area contributed by atoms with Gasteiger partial charge >= 0.3 is 0 Å². The van der Waals surface area contributed by atoms with E-state index in [1.807, 2.05) is 19.1 Å². The van der Waals surface area contributed by atoms with Crippen molar-refractivity contribution >= 4 is 5.78 Å². The van der Waals surface area contributed by atoms with Crippen LogP contribution in [0.25, 0.3) is 0 Å². The molecule has 0 heterocycles. The summed E-state index contributed by atoms with van der Waals surface area (Å²) in [7, 11) is 0. The molecule has 0 aromatic heterocycles. The molecule has 15 heavy (non-hydrogen) atoms. The van der Waals surface area contributed by atoms with Gasteiger partial charge < -0.3 is 5.11 Å². The first-order chi connectivity index (χ1) is 7.16. The Labute approximate surface area is 89.9 Å². The van der Waals surface area contributed by atoms with Gasteiger partial charge in [-0.2, -0.15) is 0 Å². The lowest BCUT2D eigenvalue weighted by molar-refractivity contribution is -0.123. The molecule has 1 aliphatic carbocycles. The van der Waals surface area contributed by atoms with Crippen molar-refractivity contribution < 1.29 is 9.90 Å². The Morgan fingerprint density at radius 1 is 1.27 bits per heavy atom. The Hall–Kier alpha value is -1.31. The highest BCUT2D eigenvalue weighted by Gasteiger charge is 2.30. The fraction of sp³-hybridized carbons (Fsp3) is 0.462. The average Bonchev–Trinajstić information content (AvgIpc) is 2.53. The van der Waals surface area contributed by atoms with Gasteiger partial charge in [-0.15, -0.1) is 0 Å². The van der Waals surface area contributed by atoms with E-state index in [9.17, 15) is 4.79 Å². The number of Topliss-reactive ketones (excluding diaryl/α,β-unsaturated/α-hetero) is 1. The average molecular weight is 204 g/mol. The van der Waals surface area contributed by atoms with Gasteiger partial charge in [-0.05, 0) is 37.0 Å². The van der Waals surface area contributed by atoms with E-state index in [0.29, 0.717) is 5.78 Å². The van der Waals surface area contributed by atoms with Crippen molar-refractivity contribution in [3.05, 3.63) is 29.8 Å². The fourth-order valence-electron chi connectivity index (χ4n) is 2.26. The second-order valence-corrected chi connectivity index (χ2v) is 4.45. The Morgan fingerprint density at radius 2 is 1.93 bits per heavy atom. The van der Waals surface area contributed by atoms with Crippen molar-refractivity contribution in [1.29, 1.82) is 0 Å². The van der Waals surface area contributed by atoms with Crippen molar-refractivity contribution in [2.24, 2.45) is 11.8 Å². The van der Waals surface area contributed by atoms with Crippen molar-refractivity contribution in [3.8, 4) is 5.75 Å². The third-order valence-electron chi connectivity index (χ3n) is 3.25. The summed E-state index contributed by atoms with van der Waals surface area (Å²) in [5.74, 6) is 1.13. The maximum Gasteiger partial charge on any atom is 0.139 e. The molecule has 1 N–H and O–H groups in total. The smallest absolute Gasteiger partial charge is 0.139 e. The summed E-state index contributed by atoms with van der Waals surface area (Å²) < 4.78 is 0. The summed E-state index contributed by atoms with van der Waals surface area (Å²) >= 11 is 0. The standard InChI is InChI=1S/C13H16O2/c1-9-2-5-11(13(9)15)8-10-3-6-12(14)7-4-10/h3-4,6-7,9,11,14H,2,5,8H2,1H3. The van der Waals surface area contributed by atoms with Crippen LogP contribution in [0.5, 0.6) is 5.75 Å². The molecular formula is C13H16O2. The zero-order chi connectivity index (χ0) is 10.8. The number of phenols is 1. The van der Waals surface area contributed by atoms with E-state index in [-0.39, 0.29) is 17.6 Å². The van der Waals surface area contributed by atoms with E-state index in [1.54, 1.807) is 12.1 Å². The first-order valence-electron chi connectivity index (χ1n) is 5.48. The van der Waals surface area contributed by atoms with Crippen LogP contribution >= 0.6 is 0 Å². The third-order valence-corrected chi connectivity index (χ3v) is 3.25. The molecule has 2 rings (SSSR count). The monoisotopic (exact) mass is 204 g/mol. The number of hydrogen-bond acceptors (Lipinski definition) is 2. The highest BCUT2D eigenvalue weighted by Crippen LogP contribution is 2.29. The van der Waals surface area contributed by atoms with Crippen LogP contribution in [0.3, 0.4) is 0 Å². The van der Waals surface area contributed by atoms with Crippen LogP contribution in [0.15, 0.2) is 24.3 Å². The molecule has 80 valence electrons. The van der Waals surface area contributed by atoms with Gasteiger partial charge in [-0.3, -0.25) is 4.79 Å². The number of aromatic hydroxyl groups is 1. The largest absolute Gasteiger partial charge is 0.508 e. The summed E-state index contributed by atoms with van der Waals surface area (Å²) in [6, 6.07) is 7.15. The Bertz CT molecular complexity index is 353. The minimum atomic E-state index is 0.199. The molecule has 1 aromatic rings. The van der Waals surface area contributed by atoms with Crippen LogP contribution in [0.1, 0.15) is 25.3 Å². The number of ketones is 1. The van der Waals surface area contributed by atoms with Crippen LogP contribution in [0.2, 0.25) is 0 Å². The highest BCUT2D eigenvalue weighted by molar-refractivity contribution is 5.85. The number of phenolic OH excluding ortho intramolecular Hbond substituents is 1. The van der Waals surface area contributed by atoms with E-state index >= 15 is 0 Å². The summed E-state index contributed by atoms with van der Waals surface area (Å²) in [6.45, 7) is 2.01. The SMILES string of the molecule is CC1CCC(Cc2ccc(O)cc2)C1=O. The maximum absolute atomic E-state index is 11.7. The molecule has 1 fully saturated rings. The van der Waals surface area contributed by atoms with Gasteiger partial charge in [0.25, 0.3) is 0 Å². The molecule has 1 aromatic carbocycles. The van der Waals surface area contributed by atoms with Crippen LogP contribution in [-0.4, -0.2) is 10.9 Å². The van der Waals surface area contributed by atoms with Gasteiger partial charge in [0.2, 0.25) is 0 Å². The van der Waals surface area contributed by atoms with Crippen molar-refractivity contribution in [2.75, 3.05) is 0 Å². The molecule has 2 unspecified atom stereocenters. The maximum atomic E-state index is 11.7. The van der Waals surface area contributed by atoms with Crippen LogP contribution in [-0.2, 0) is 11.2 Å². The van der Waals surface area contributed by atoms with Crippen molar-refractivity contribution in [3.63, 3.8) is 0 Å². The predicted octanol–water partition coefficient (Wildman–Crippen LogP) is 2.55. The highest BCUT2D eigenvalue weighted by atomic mass is 16.3. The summed E-state index contributed by atoms with van der Waals surface area (Å²) in [5.41, 5.74) is 1.14. The normalized spacial score (nSPS) is 25.8. The summed E-state index contributed by atoms with van der Waals surface area (Å²) in [6.07, 6.45) is 2.87. The van der Waals surface area contributed by atoms with Crippen LogP contribution in [0, 0.1) is 11.8 Å². The van der Waals surface area contributed by atoms with Gasteiger partial charge in [0.1, 0.15) is 11.5 Å². The lowest BCUT2D eigenvalue weighted by Gasteiger charge is -2.08. The van der Waals surface area contributed by atoms with Gasteiger partial charge in [-0.25, -0.2) is 0 Å². The van der Waals surface area contributed by atoms with Crippen molar-refractivity contribution in [1.82, 2.24) is 0 Å². The molecule has 0 aliphatic heterocycles. The predicted molar refractivity (Wildman–Crippen MR) is 58.7 cm³/mol. The fourth-order valence-corrected chi connectivity index (χ4v) is 2.26. The Balaban J connectivity index is 2.03. The van der Waals surface area contributed by atoms with E-state index < -0.39 is 0 Å².